The van der Waals surface area contributed by atoms with Gasteiger partial charge in [0.15, 0.2) is 0 Å². The number of carbonyl (C=O) groups is 1. The normalized spacial score (nSPS) is 15.7. The molecule has 1 heterocycles. The van der Waals surface area contributed by atoms with Crippen LogP contribution in [0.2, 0.25) is 0 Å². The van der Waals surface area contributed by atoms with E-state index in [2.05, 4.69) is 0 Å². The van der Waals surface area contributed by atoms with Crippen molar-refractivity contribution < 1.29 is 23.1 Å². The fraction of sp³-hybridized carbons (Fsp3) is 0.267. The number of hydrogen-bond acceptors (Lipinski definition) is 2. The van der Waals surface area contributed by atoms with Crippen LogP contribution in [0.4, 0.5) is 18.9 Å². The molecule has 0 radical (unpaired) electrons. The van der Waals surface area contributed by atoms with Gasteiger partial charge in [0.2, 0.25) is 0 Å². The lowest BCUT2D eigenvalue weighted by atomic mass is 10.0. The largest absolute Gasteiger partial charge is 0.478 e. The molecule has 112 valence electrons. The monoisotopic (exact) mass is 297 g/mol. The second-order valence-corrected chi connectivity index (χ2v) is 4.65. The summed E-state index contributed by atoms with van der Waals surface area (Å²) in [6.07, 6.45) is 1.83. The van der Waals surface area contributed by atoms with E-state index in [9.17, 15) is 18.0 Å². The zero-order valence-electron chi connectivity index (χ0n) is 11.1. The molecule has 21 heavy (non-hydrogen) atoms. The molecule has 0 saturated carbocycles. The Balaban J connectivity index is 2.39. The SMILES string of the molecule is O=C(O)/C=C/c1ccc(N2CC=CCC2)cc1C(F)(F)F. The molecule has 1 aliphatic rings. The zero-order valence-corrected chi connectivity index (χ0v) is 11.1. The molecule has 1 aromatic carbocycles. The van der Waals surface area contributed by atoms with Gasteiger partial charge in [-0.3, -0.25) is 0 Å². The number of aliphatic carboxylic acids is 1. The summed E-state index contributed by atoms with van der Waals surface area (Å²) in [4.78, 5) is 12.3. The molecule has 1 aliphatic heterocycles. The highest BCUT2D eigenvalue weighted by atomic mass is 19.4. The number of anilines is 1. The molecule has 0 aromatic heterocycles. The number of nitrogens with zero attached hydrogens (tertiary/aromatic N) is 1. The van der Waals surface area contributed by atoms with E-state index >= 15 is 0 Å². The maximum Gasteiger partial charge on any atom is 0.417 e. The molecule has 6 heteroatoms. The second kappa shape index (κ2) is 6.03. The summed E-state index contributed by atoms with van der Waals surface area (Å²) in [7, 11) is 0. The quantitative estimate of drug-likeness (QED) is 0.685. The van der Waals surface area contributed by atoms with E-state index in [0.29, 0.717) is 24.9 Å². The van der Waals surface area contributed by atoms with Gasteiger partial charge in [-0.05, 0) is 30.2 Å². The fourth-order valence-corrected chi connectivity index (χ4v) is 2.17. The molecule has 1 aromatic rings. The highest BCUT2D eigenvalue weighted by Crippen LogP contribution is 2.35. The van der Waals surface area contributed by atoms with Gasteiger partial charge in [0.05, 0.1) is 5.56 Å². The van der Waals surface area contributed by atoms with Gasteiger partial charge < -0.3 is 10.0 Å². The highest BCUT2D eigenvalue weighted by Gasteiger charge is 2.33. The third-order valence-electron chi connectivity index (χ3n) is 3.17. The van der Waals surface area contributed by atoms with Crippen molar-refractivity contribution in [3.63, 3.8) is 0 Å². The van der Waals surface area contributed by atoms with E-state index in [-0.39, 0.29) is 5.56 Å². The summed E-state index contributed by atoms with van der Waals surface area (Å²) in [5.74, 6) is -1.28. The van der Waals surface area contributed by atoms with E-state index in [0.717, 1.165) is 18.6 Å². The van der Waals surface area contributed by atoms with Gasteiger partial charge in [-0.2, -0.15) is 13.2 Å². The van der Waals surface area contributed by atoms with Gasteiger partial charge in [-0.15, -0.1) is 0 Å². The standard InChI is InChI=1S/C15H14F3NO2/c16-15(17,18)13-10-12(19-8-2-1-3-9-19)6-4-11(13)5-7-14(20)21/h1-2,4-7,10H,3,8-9H2,(H,20,21)/b7-5+. The molecule has 3 nitrogen and oxygen atoms in total. The molecule has 0 spiro atoms. The van der Waals surface area contributed by atoms with Gasteiger partial charge >= 0.3 is 12.1 Å². The van der Waals surface area contributed by atoms with Crippen LogP contribution in [-0.2, 0) is 11.0 Å². The van der Waals surface area contributed by atoms with Crippen LogP contribution in [0, 0.1) is 0 Å². The van der Waals surface area contributed by atoms with Crippen LogP contribution in [-0.4, -0.2) is 24.2 Å². The van der Waals surface area contributed by atoms with Crippen LogP contribution in [0.1, 0.15) is 17.5 Å². The average Bonchev–Trinajstić information content (AvgIpc) is 2.45. The number of hydrogen-bond donors (Lipinski definition) is 1. The zero-order chi connectivity index (χ0) is 15.5. The molecular weight excluding hydrogens is 283 g/mol. The molecule has 0 amide bonds. The molecule has 2 rings (SSSR count). The molecule has 0 fully saturated rings. The van der Waals surface area contributed by atoms with E-state index in [1.807, 2.05) is 17.1 Å². The number of carboxylic acids is 1. The van der Waals surface area contributed by atoms with Crippen LogP contribution in [0.3, 0.4) is 0 Å². The Labute approximate surface area is 120 Å². The van der Waals surface area contributed by atoms with Crippen molar-refractivity contribution >= 4 is 17.7 Å². The van der Waals surface area contributed by atoms with Crippen LogP contribution in [0.25, 0.3) is 6.08 Å². The number of rotatable bonds is 3. The van der Waals surface area contributed by atoms with Crippen molar-refractivity contribution in [1.82, 2.24) is 0 Å². The topological polar surface area (TPSA) is 40.5 Å². The molecule has 1 N–H and O–H groups in total. The lowest BCUT2D eigenvalue weighted by Gasteiger charge is -2.26. The molecule has 0 saturated heterocycles. The van der Waals surface area contributed by atoms with Crippen LogP contribution in [0.5, 0.6) is 0 Å². The third-order valence-corrected chi connectivity index (χ3v) is 3.17. The predicted octanol–water partition coefficient (Wildman–Crippen LogP) is 3.57. The molecular formula is C15H14F3NO2. The fourth-order valence-electron chi connectivity index (χ4n) is 2.17. The Kier molecular flexibility index (Phi) is 4.35. The first kappa shape index (κ1) is 15.2. The summed E-state index contributed by atoms with van der Waals surface area (Å²) < 4.78 is 39.3. The van der Waals surface area contributed by atoms with Crippen molar-refractivity contribution in [2.45, 2.75) is 12.6 Å². The van der Waals surface area contributed by atoms with E-state index in [1.54, 1.807) is 6.07 Å². The summed E-state index contributed by atoms with van der Waals surface area (Å²) in [6, 6.07) is 3.95. The summed E-state index contributed by atoms with van der Waals surface area (Å²) in [5.41, 5.74) is -0.493. The first-order valence-electron chi connectivity index (χ1n) is 6.40. The average molecular weight is 297 g/mol. The maximum atomic E-state index is 13.1. The van der Waals surface area contributed by atoms with Crippen LogP contribution < -0.4 is 4.90 Å². The van der Waals surface area contributed by atoms with Crippen molar-refractivity contribution in [3.8, 4) is 0 Å². The van der Waals surface area contributed by atoms with Crippen molar-refractivity contribution in [1.29, 1.82) is 0 Å². The van der Waals surface area contributed by atoms with E-state index in [4.69, 9.17) is 5.11 Å². The Morgan fingerprint density at radius 1 is 1.29 bits per heavy atom. The van der Waals surface area contributed by atoms with Gasteiger partial charge in [0, 0.05) is 24.9 Å². The molecule has 0 aliphatic carbocycles. The first-order valence-corrected chi connectivity index (χ1v) is 6.40. The summed E-state index contributed by atoms with van der Waals surface area (Å²) in [6.45, 7) is 1.24. The van der Waals surface area contributed by atoms with Gasteiger partial charge in [-0.1, -0.05) is 18.2 Å². The van der Waals surface area contributed by atoms with Crippen LogP contribution >= 0.6 is 0 Å². The van der Waals surface area contributed by atoms with Crippen molar-refractivity contribution in [2.24, 2.45) is 0 Å². The molecule has 0 unspecified atom stereocenters. The first-order chi connectivity index (χ1) is 9.88. The third kappa shape index (κ3) is 3.87. The predicted molar refractivity (Wildman–Crippen MR) is 74.1 cm³/mol. The summed E-state index contributed by atoms with van der Waals surface area (Å²) >= 11 is 0. The lowest BCUT2D eigenvalue weighted by Crippen LogP contribution is -2.27. The minimum Gasteiger partial charge on any atom is -0.478 e. The van der Waals surface area contributed by atoms with Crippen molar-refractivity contribution in [2.75, 3.05) is 18.0 Å². The number of alkyl halides is 3. The number of carboxylic acid groups (broad SMARTS) is 1. The summed E-state index contributed by atoms with van der Waals surface area (Å²) in [5, 5.41) is 8.54. The minimum absolute atomic E-state index is 0.152. The number of benzene rings is 1. The van der Waals surface area contributed by atoms with Gasteiger partial charge in [0.25, 0.3) is 0 Å². The van der Waals surface area contributed by atoms with E-state index < -0.39 is 17.7 Å². The van der Waals surface area contributed by atoms with Gasteiger partial charge in [0.1, 0.15) is 0 Å². The van der Waals surface area contributed by atoms with E-state index in [1.165, 1.54) is 6.07 Å². The van der Waals surface area contributed by atoms with Gasteiger partial charge in [-0.25, -0.2) is 4.79 Å². The van der Waals surface area contributed by atoms with Crippen LogP contribution in [0.15, 0.2) is 36.4 Å². The second-order valence-electron chi connectivity index (χ2n) is 4.65. The Morgan fingerprint density at radius 2 is 2.05 bits per heavy atom. The Hall–Kier alpha value is -2.24. The maximum absolute atomic E-state index is 13.1. The Morgan fingerprint density at radius 3 is 2.62 bits per heavy atom. The molecule has 0 atom stereocenters. The molecule has 0 bridgehead atoms. The number of halogens is 3. The highest BCUT2D eigenvalue weighted by molar-refractivity contribution is 5.85. The minimum atomic E-state index is -4.53. The lowest BCUT2D eigenvalue weighted by molar-refractivity contribution is -0.137. The Bertz CT molecular complexity index is 591. The van der Waals surface area contributed by atoms with Crippen molar-refractivity contribution in [3.05, 3.63) is 47.6 Å². The smallest absolute Gasteiger partial charge is 0.417 e.